The lowest BCUT2D eigenvalue weighted by atomic mass is 10.2. The minimum absolute atomic E-state index is 0.292. The van der Waals surface area contributed by atoms with Crippen LogP contribution in [0.2, 0.25) is 0 Å². The molecule has 2 aromatic rings. The Kier molecular flexibility index (Phi) is 4.43. The molecule has 1 aromatic carbocycles. The van der Waals surface area contributed by atoms with E-state index in [0.717, 1.165) is 5.56 Å². The van der Waals surface area contributed by atoms with Crippen LogP contribution in [0.5, 0.6) is 0 Å². The molecule has 19 heavy (non-hydrogen) atoms. The van der Waals surface area contributed by atoms with E-state index in [1.54, 1.807) is 24.5 Å². The second-order valence-electron chi connectivity index (χ2n) is 3.57. The third-order valence-electron chi connectivity index (χ3n) is 2.23. The van der Waals surface area contributed by atoms with E-state index >= 15 is 0 Å². The number of nitrogens with zero attached hydrogens (tertiary/aromatic N) is 2. The molecule has 0 unspecified atom stereocenters. The fourth-order valence-corrected chi connectivity index (χ4v) is 1.33. The summed E-state index contributed by atoms with van der Waals surface area (Å²) >= 11 is 0. The monoisotopic (exact) mass is 249 g/mol. The van der Waals surface area contributed by atoms with Gasteiger partial charge in [-0.3, -0.25) is 9.78 Å². The number of aromatic nitrogens is 1. The molecule has 1 N–H and O–H groups in total. The minimum atomic E-state index is -0.292. The van der Waals surface area contributed by atoms with Gasteiger partial charge in [-0.1, -0.05) is 24.1 Å². The van der Waals surface area contributed by atoms with Crippen LogP contribution in [0.1, 0.15) is 15.9 Å². The highest BCUT2D eigenvalue weighted by Crippen LogP contribution is 1.95. The first kappa shape index (κ1) is 12.5. The highest BCUT2D eigenvalue weighted by atomic mass is 16.2. The molecule has 0 radical (unpaired) electrons. The Hall–Kier alpha value is -2.93. The zero-order valence-corrected chi connectivity index (χ0v) is 10.1. The number of rotatable bonds is 2. The van der Waals surface area contributed by atoms with Crippen molar-refractivity contribution in [2.75, 3.05) is 0 Å². The van der Waals surface area contributed by atoms with Gasteiger partial charge in [-0.05, 0) is 30.2 Å². The average Bonchev–Trinajstić information content (AvgIpc) is 2.49. The second-order valence-corrected chi connectivity index (χ2v) is 3.57. The van der Waals surface area contributed by atoms with Crippen molar-refractivity contribution < 1.29 is 4.79 Å². The van der Waals surface area contributed by atoms with Crippen LogP contribution in [0.15, 0.2) is 60.0 Å². The van der Waals surface area contributed by atoms with Gasteiger partial charge in [0.05, 0.1) is 6.21 Å². The van der Waals surface area contributed by atoms with Gasteiger partial charge in [0.2, 0.25) is 0 Å². The summed E-state index contributed by atoms with van der Waals surface area (Å²) in [5.41, 5.74) is 3.79. The maximum absolute atomic E-state index is 11.6. The Morgan fingerprint density at radius 1 is 1.16 bits per heavy atom. The van der Waals surface area contributed by atoms with Gasteiger partial charge < -0.3 is 0 Å². The van der Waals surface area contributed by atoms with E-state index in [4.69, 9.17) is 0 Å². The number of amides is 1. The Labute approximate surface area is 111 Å². The van der Waals surface area contributed by atoms with E-state index in [1.807, 2.05) is 30.3 Å². The molecule has 4 heteroatoms. The number of nitrogens with one attached hydrogen (secondary N) is 1. The fraction of sp³-hybridized carbons (Fsp3) is 0. The molecule has 0 aliphatic rings. The van der Waals surface area contributed by atoms with E-state index in [0.29, 0.717) is 5.56 Å². The quantitative estimate of drug-likeness (QED) is 0.501. The molecule has 1 amide bonds. The van der Waals surface area contributed by atoms with E-state index in [1.165, 1.54) is 6.21 Å². The Morgan fingerprint density at radius 2 is 1.89 bits per heavy atom. The Morgan fingerprint density at radius 3 is 2.63 bits per heavy atom. The molecule has 1 heterocycles. The molecular formula is C15H11N3O. The number of carbonyl (C=O) groups is 1. The van der Waals surface area contributed by atoms with Crippen LogP contribution >= 0.6 is 0 Å². The van der Waals surface area contributed by atoms with Crippen molar-refractivity contribution in [3.8, 4) is 11.8 Å². The molecule has 2 rings (SSSR count). The van der Waals surface area contributed by atoms with Gasteiger partial charge in [-0.15, -0.1) is 0 Å². The summed E-state index contributed by atoms with van der Waals surface area (Å²) in [4.78, 5) is 15.4. The van der Waals surface area contributed by atoms with Gasteiger partial charge in [0.1, 0.15) is 0 Å². The molecule has 0 bridgehead atoms. The normalized spacial score (nSPS) is 9.68. The van der Waals surface area contributed by atoms with Crippen LogP contribution < -0.4 is 5.43 Å². The summed E-state index contributed by atoms with van der Waals surface area (Å²) in [6.07, 6.45) is 4.45. The van der Waals surface area contributed by atoms with Crippen molar-refractivity contribution in [1.29, 1.82) is 0 Å². The maximum Gasteiger partial charge on any atom is 0.271 e. The predicted octanol–water partition coefficient (Wildman–Crippen LogP) is 1.85. The lowest BCUT2D eigenvalue weighted by Crippen LogP contribution is -2.17. The molecule has 0 saturated carbocycles. The Balaban J connectivity index is 1.88. The number of carbonyl (C=O) groups excluding carboxylic acids is 1. The number of hydrogen-bond acceptors (Lipinski definition) is 3. The van der Waals surface area contributed by atoms with E-state index in [-0.39, 0.29) is 5.91 Å². The van der Waals surface area contributed by atoms with Crippen molar-refractivity contribution in [1.82, 2.24) is 10.4 Å². The standard InChI is InChI=1S/C15H11N3O/c19-15(14-8-11-16-12-9-14)18-17-10-4-7-13-5-2-1-3-6-13/h1-3,5-6,8-12H,(H,18,19)/b17-10-. The number of hydrazone groups is 1. The molecule has 4 nitrogen and oxygen atoms in total. The van der Waals surface area contributed by atoms with Crippen molar-refractivity contribution in [3.05, 3.63) is 66.0 Å². The SMILES string of the molecule is O=C(N/N=C\C#Cc1ccccc1)c1ccncc1. The third-order valence-corrected chi connectivity index (χ3v) is 2.23. The van der Waals surface area contributed by atoms with Crippen LogP contribution in [0.4, 0.5) is 0 Å². The minimum Gasteiger partial charge on any atom is -0.267 e. The first-order chi connectivity index (χ1) is 9.36. The molecule has 0 saturated heterocycles. The molecular weight excluding hydrogens is 238 g/mol. The van der Waals surface area contributed by atoms with Gasteiger partial charge in [0, 0.05) is 23.5 Å². The summed E-state index contributed by atoms with van der Waals surface area (Å²) < 4.78 is 0. The van der Waals surface area contributed by atoms with Crippen molar-refractivity contribution in [2.45, 2.75) is 0 Å². The molecule has 1 aromatic heterocycles. The molecule has 0 atom stereocenters. The van der Waals surface area contributed by atoms with Crippen LogP contribution in [0.3, 0.4) is 0 Å². The molecule has 0 aliphatic carbocycles. The van der Waals surface area contributed by atoms with Crippen molar-refractivity contribution in [2.24, 2.45) is 5.10 Å². The van der Waals surface area contributed by atoms with Crippen LogP contribution in [-0.2, 0) is 0 Å². The number of benzene rings is 1. The van der Waals surface area contributed by atoms with Gasteiger partial charge in [0.15, 0.2) is 0 Å². The first-order valence-electron chi connectivity index (χ1n) is 5.65. The summed E-state index contributed by atoms with van der Waals surface area (Å²) in [6, 6.07) is 12.8. The molecule has 0 spiro atoms. The molecule has 0 aliphatic heterocycles. The summed E-state index contributed by atoms with van der Waals surface area (Å²) in [5.74, 6) is 5.35. The summed E-state index contributed by atoms with van der Waals surface area (Å²) in [6.45, 7) is 0. The fourth-order valence-electron chi connectivity index (χ4n) is 1.33. The number of pyridine rings is 1. The number of hydrogen-bond donors (Lipinski definition) is 1. The summed E-state index contributed by atoms with van der Waals surface area (Å²) in [7, 11) is 0. The first-order valence-corrected chi connectivity index (χ1v) is 5.65. The lowest BCUT2D eigenvalue weighted by Gasteiger charge is -1.96. The van der Waals surface area contributed by atoms with E-state index in [2.05, 4.69) is 27.4 Å². The predicted molar refractivity (Wildman–Crippen MR) is 73.5 cm³/mol. The highest BCUT2D eigenvalue weighted by Gasteiger charge is 2.01. The zero-order chi connectivity index (χ0) is 13.3. The Bertz CT molecular complexity index is 625. The van der Waals surface area contributed by atoms with E-state index in [9.17, 15) is 4.79 Å². The van der Waals surface area contributed by atoms with Crippen LogP contribution in [-0.4, -0.2) is 17.1 Å². The lowest BCUT2D eigenvalue weighted by molar-refractivity contribution is 0.0955. The molecule has 0 fully saturated rings. The van der Waals surface area contributed by atoms with Crippen LogP contribution in [0, 0.1) is 11.8 Å². The average molecular weight is 249 g/mol. The van der Waals surface area contributed by atoms with Gasteiger partial charge in [0.25, 0.3) is 5.91 Å². The smallest absolute Gasteiger partial charge is 0.267 e. The third kappa shape index (κ3) is 4.10. The van der Waals surface area contributed by atoms with Gasteiger partial charge in [-0.2, -0.15) is 5.10 Å². The second kappa shape index (κ2) is 6.72. The molecule has 92 valence electrons. The highest BCUT2D eigenvalue weighted by molar-refractivity contribution is 5.94. The van der Waals surface area contributed by atoms with Crippen LogP contribution in [0.25, 0.3) is 0 Å². The summed E-state index contributed by atoms with van der Waals surface area (Å²) in [5, 5.41) is 3.74. The van der Waals surface area contributed by atoms with Gasteiger partial charge in [-0.25, -0.2) is 5.43 Å². The van der Waals surface area contributed by atoms with Crippen molar-refractivity contribution in [3.63, 3.8) is 0 Å². The zero-order valence-electron chi connectivity index (χ0n) is 10.1. The largest absolute Gasteiger partial charge is 0.271 e. The van der Waals surface area contributed by atoms with E-state index < -0.39 is 0 Å². The maximum atomic E-state index is 11.6. The van der Waals surface area contributed by atoms with Crippen molar-refractivity contribution >= 4 is 12.1 Å². The van der Waals surface area contributed by atoms with Gasteiger partial charge >= 0.3 is 0 Å². The topological polar surface area (TPSA) is 54.4 Å².